The second kappa shape index (κ2) is 6.41. The van der Waals surface area contributed by atoms with Gasteiger partial charge in [-0.1, -0.05) is 12.1 Å². The Hall–Kier alpha value is -3.35. The van der Waals surface area contributed by atoms with Crippen molar-refractivity contribution in [2.45, 2.75) is 0 Å². The predicted octanol–water partition coefficient (Wildman–Crippen LogP) is 2.59. The fraction of sp³-hybridized carbons (Fsp3) is 0.0588. The predicted molar refractivity (Wildman–Crippen MR) is 83.6 cm³/mol. The summed E-state index contributed by atoms with van der Waals surface area (Å²) in [7, 11) is 0. The van der Waals surface area contributed by atoms with E-state index in [4.69, 9.17) is 19.6 Å². The largest absolute Gasteiger partial charge is 0.484 e. The second-order valence-electron chi connectivity index (χ2n) is 4.87. The Kier molecular flexibility index (Phi) is 4.15. The molecule has 1 amide bonds. The van der Waals surface area contributed by atoms with Gasteiger partial charge >= 0.3 is 0 Å². The van der Waals surface area contributed by atoms with Crippen LogP contribution in [0.1, 0.15) is 0 Å². The van der Waals surface area contributed by atoms with E-state index < -0.39 is 17.2 Å². The first-order chi connectivity index (χ1) is 11.5. The van der Waals surface area contributed by atoms with Crippen LogP contribution in [0.25, 0.3) is 11.0 Å². The van der Waals surface area contributed by atoms with E-state index in [-0.39, 0.29) is 29.1 Å². The molecule has 1 heterocycles. The van der Waals surface area contributed by atoms with Gasteiger partial charge in [0.15, 0.2) is 18.2 Å². The number of nitrogens with two attached hydrogens (primary N) is 1. The first-order valence-corrected chi connectivity index (χ1v) is 6.93. The minimum Gasteiger partial charge on any atom is -0.484 e. The lowest BCUT2D eigenvalue weighted by atomic mass is 10.2. The number of halogens is 1. The molecular weight excluding hydrogens is 317 g/mol. The molecule has 0 aliphatic rings. The van der Waals surface area contributed by atoms with Gasteiger partial charge in [0.1, 0.15) is 17.6 Å². The zero-order chi connectivity index (χ0) is 17.1. The molecule has 0 bridgehead atoms. The zero-order valence-electron chi connectivity index (χ0n) is 12.3. The number of hydrogen-bond acceptors (Lipinski definition) is 5. The first kappa shape index (κ1) is 15.5. The van der Waals surface area contributed by atoms with Crippen LogP contribution in [-0.2, 0) is 4.79 Å². The summed E-state index contributed by atoms with van der Waals surface area (Å²) in [6.45, 7) is -0.287. The zero-order valence-corrected chi connectivity index (χ0v) is 12.3. The Balaban J connectivity index is 1.93. The van der Waals surface area contributed by atoms with Gasteiger partial charge < -0.3 is 19.6 Å². The molecule has 122 valence electrons. The molecule has 0 aliphatic heterocycles. The van der Waals surface area contributed by atoms with E-state index >= 15 is 0 Å². The summed E-state index contributed by atoms with van der Waals surface area (Å²) in [5, 5.41) is 0.232. The van der Waals surface area contributed by atoms with Gasteiger partial charge in [0, 0.05) is 6.07 Å². The third kappa shape index (κ3) is 3.19. The molecule has 3 aromatic rings. The highest BCUT2D eigenvalue weighted by Gasteiger charge is 2.12. The summed E-state index contributed by atoms with van der Waals surface area (Å²) in [5.41, 5.74) is 4.78. The maximum atomic E-state index is 13.6. The van der Waals surface area contributed by atoms with Crippen LogP contribution in [0, 0.1) is 5.82 Å². The van der Waals surface area contributed by atoms with Crippen LogP contribution in [0.2, 0.25) is 0 Å². The molecule has 24 heavy (non-hydrogen) atoms. The van der Waals surface area contributed by atoms with Gasteiger partial charge in [-0.15, -0.1) is 0 Å². The maximum absolute atomic E-state index is 13.6. The molecule has 2 N–H and O–H groups in total. The van der Waals surface area contributed by atoms with Crippen LogP contribution in [0.5, 0.6) is 17.2 Å². The number of carbonyl (C=O) groups excluding carboxylic acids is 1. The van der Waals surface area contributed by atoms with Crippen LogP contribution in [0.4, 0.5) is 4.39 Å². The Bertz CT molecular complexity index is 967. The van der Waals surface area contributed by atoms with E-state index in [1.54, 1.807) is 6.07 Å². The number of rotatable bonds is 5. The Morgan fingerprint density at radius 2 is 1.96 bits per heavy atom. The lowest BCUT2D eigenvalue weighted by Gasteiger charge is -2.07. The summed E-state index contributed by atoms with van der Waals surface area (Å²) >= 11 is 0. The number of primary amides is 1. The maximum Gasteiger partial charge on any atom is 0.255 e. The van der Waals surface area contributed by atoms with Crippen molar-refractivity contribution in [3.05, 3.63) is 64.8 Å². The molecule has 0 spiro atoms. The number of fused-ring (bicyclic) bond motifs is 1. The monoisotopic (exact) mass is 329 g/mol. The summed E-state index contributed by atoms with van der Waals surface area (Å²) in [6.07, 6.45) is 1.09. The standard InChI is InChI=1S/C17H12FNO5/c18-12-3-1-2-4-13(12)24-15-8-23-14-7-10(22-9-16(19)20)5-6-11(14)17(15)21/h1-8H,9H2,(H2,19,20). The molecule has 0 unspecified atom stereocenters. The van der Waals surface area contributed by atoms with Crippen molar-refractivity contribution in [1.29, 1.82) is 0 Å². The van der Waals surface area contributed by atoms with E-state index in [0.717, 1.165) is 6.26 Å². The van der Waals surface area contributed by atoms with Gasteiger partial charge in [-0.05, 0) is 24.3 Å². The number of benzene rings is 2. The molecule has 3 rings (SSSR count). The van der Waals surface area contributed by atoms with Crippen molar-refractivity contribution in [1.82, 2.24) is 0 Å². The van der Waals surface area contributed by atoms with Crippen LogP contribution in [0.3, 0.4) is 0 Å². The topological polar surface area (TPSA) is 91.8 Å². The highest BCUT2D eigenvalue weighted by molar-refractivity contribution is 5.79. The van der Waals surface area contributed by atoms with Crippen LogP contribution in [-0.4, -0.2) is 12.5 Å². The van der Waals surface area contributed by atoms with Gasteiger partial charge in [-0.2, -0.15) is 0 Å². The van der Waals surface area contributed by atoms with Crippen LogP contribution in [0.15, 0.2) is 57.9 Å². The van der Waals surface area contributed by atoms with Crippen molar-refractivity contribution < 1.29 is 23.1 Å². The van der Waals surface area contributed by atoms with Crippen molar-refractivity contribution >= 4 is 16.9 Å². The summed E-state index contributed by atoms with van der Waals surface area (Å²) in [6, 6.07) is 10.1. The van der Waals surface area contributed by atoms with E-state index in [2.05, 4.69) is 0 Å². The summed E-state index contributed by atoms with van der Waals surface area (Å²) in [5.74, 6) is -1.10. The van der Waals surface area contributed by atoms with E-state index in [1.807, 2.05) is 0 Å². The highest BCUT2D eigenvalue weighted by Crippen LogP contribution is 2.25. The second-order valence-corrected chi connectivity index (χ2v) is 4.87. The molecule has 1 aromatic heterocycles. The molecule has 0 fully saturated rings. The number of hydrogen-bond donors (Lipinski definition) is 1. The Labute approximate surface area is 135 Å². The number of carbonyl (C=O) groups is 1. The van der Waals surface area contributed by atoms with Crippen molar-refractivity contribution in [3.8, 4) is 17.2 Å². The number of amides is 1. The third-order valence-corrected chi connectivity index (χ3v) is 3.15. The Morgan fingerprint density at radius 1 is 1.17 bits per heavy atom. The molecule has 0 saturated carbocycles. The minimum atomic E-state index is -0.620. The molecular formula is C17H12FNO5. The van der Waals surface area contributed by atoms with Crippen molar-refractivity contribution in [2.24, 2.45) is 5.73 Å². The molecule has 7 heteroatoms. The molecule has 0 aliphatic carbocycles. The van der Waals surface area contributed by atoms with Crippen LogP contribution < -0.4 is 20.6 Å². The normalized spacial score (nSPS) is 10.5. The number of para-hydroxylation sites is 1. The minimum absolute atomic E-state index is 0.0782. The lowest BCUT2D eigenvalue weighted by molar-refractivity contribution is -0.119. The Morgan fingerprint density at radius 3 is 2.71 bits per heavy atom. The quantitative estimate of drug-likeness (QED) is 0.777. The van der Waals surface area contributed by atoms with Gasteiger partial charge in [-0.3, -0.25) is 9.59 Å². The van der Waals surface area contributed by atoms with Gasteiger partial charge in [0.2, 0.25) is 11.2 Å². The summed E-state index contributed by atoms with van der Waals surface area (Å²) < 4.78 is 29.4. The van der Waals surface area contributed by atoms with Crippen molar-refractivity contribution in [3.63, 3.8) is 0 Å². The van der Waals surface area contributed by atoms with Crippen molar-refractivity contribution in [2.75, 3.05) is 6.61 Å². The smallest absolute Gasteiger partial charge is 0.255 e. The average molecular weight is 329 g/mol. The van der Waals surface area contributed by atoms with Gasteiger partial charge in [-0.25, -0.2) is 4.39 Å². The van der Waals surface area contributed by atoms with Crippen LogP contribution >= 0.6 is 0 Å². The highest BCUT2D eigenvalue weighted by atomic mass is 19.1. The lowest BCUT2D eigenvalue weighted by Crippen LogP contribution is -2.20. The van der Waals surface area contributed by atoms with Gasteiger partial charge in [0.25, 0.3) is 5.91 Å². The first-order valence-electron chi connectivity index (χ1n) is 6.93. The SMILES string of the molecule is NC(=O)COc1ccc2c(=O)c(Oc3ccccc3F)coc2c1. The molecule has 6 nitrogen and oxygen atoms in total. The van der Waals surface area contributed by atoms with Gasteiger partial charge in [0.05, 0.1) is 5.39 Å². The molecule has 0 radical (unpaired) electrons. The fourth-order valence-electron chi connectivity index (χ4n) is 2.05. The van der Waals surface area contributed by atoms with E-state index in [1.165, 1.54) is 36.4 Å². The average Bonchev–Trinajstić information content (AvgIpc) is 2.57. The molecule has 2 aromatic carbocycles. The summed E-state index contributed by atoms with van der Waals surface area (Å²) in [4.78, 5) is 23.1. The number of ether oxygens (including phenoxy) is 2. The molecule has 0 saturated heterocycles. The third-order valence-electron chi connectivity index (χ3n) is 3.15. The van der Waals surface area contributed by atoms with E-state index in [0.29, 0.717) is 5.75 Å². The molecule has 0 atom stereocenters. The van der Waals surface area contributed by atoms with E-state index in [9.17, 15) is 14.0 Å². The fourth-order valence-corrected chi connectivity index (χ4v) is 2.05.